The average molecular weight is 292 g/mol. The fraction of sp³-hybridized carbons (Fsp3) is 0.100. The average Bonchev–Trinajstić information content (AvgIpc) is 2.26. The molecule has 1 aromatic heterocycles. The van der Waals surface area contributed by atoms with Crippen LogP contribution in [0.15, 0.2) is 29.2 Å². The molecule has 0 spiro atoms. The van der Waals surface area contributed by atoms with Gasteiger partial charge in [-0.05, 0) is 24.3 Å². The molecule has 1 aromatic carbocycles. The molecule has 2 rings (SSSR count). The smallest absolute Gasteiger partial charge is 0.261 e. The number of aromatic nitrogens is 1. The van der Waals surface area contributed by atoms with E-state index in [1.165, 1.54) is 25.3 Å². The Labute approximate surface area is 108 Å². The van der Waals surface area contributed by atoms with E-state index in [1.807, 2.05) is 0 Å². The van der Waals surface area contributed by atoms with E-state index in [1.54, 1.807) is 6.07 Å². The first-order chi connectivity index (χ1) is 7.93. The number of methoxy groups -OCH3 is 1. The molecule has 17 heavy (non-hydrogen) atoms. The Morgan fingerprint density at radius 1 is 1.24 bits per heavy atom. The van der Waals surface area contributed by atoms with Gasteiger partial charge in [-0.1, -0.05) is 11.6 Å². The molecule has 0 fully saturated rings. The van der Waals surface area contributed by atoms with Crippen LogP contribution >= 0.6 is 22.3 Å². The van der Waals surface area contributed by atoms with Crippen molar-refractivity contribution >= 4 is 42.2 Å². The summed E-state index contributed by atoms with van der Waals surface area (Å²) in [5.41, 5.74) is 0.363. The van der Waals surface area contributed by atoms with Gasteiger partial charge in [0.25, 0.3) is 9.05 Å². The van der Waals surface area contributed by atoms with E-state index in [-0.39, 0.29) is 10.0 Å². The summed E-state index contributed by atoms with van der Waals surface area (Å²) in [6.07, 6.45) is 0. The van der Waals surface area contributed by atoms with Crippen LogP contribution in [0.1, 0.15) is 0 Å². The SMILES string of the molecule is COc1ccc(S(=O)(=O)Cl)c2ccc(Cl)nc12. The minimum Gasteiger partial charge on any atom is -0.494 e. The molecule has 7 heteroatoms. The van der Waals surface area contributed by atoms with Gasteiger partial charge in [0.05, 0.1) is 12.0 Å². The highest BCUT2D eigenvalue weighted by atomic mass is 35.7. The van der Waals surface area contributed by atoms with Crippen LogP contribution in [-0.2, 0) is 9.05 Å². The van der Waals surface area contributed by atoms with Gasteiger partial charge >= 0.3 is 0 Å². The molecule has 0 radical (unpaired) electrons. The lowest BCUT2D eigenvalue weighted by molar-refractivity contribution is 0.418. The van der Waals surface area contributed by atoms with Gasteiger partial charge in [0, 0.05) is 16.1 Å². The predicted molar refractivity (Wildman–Crippen MR) is 66.3 cm³/mol. The molecule has 0 saturated carbocycles. The number of benzene rings is 1. The van der Waals surface area contributed by atoms with Crippen molar-refractivity contribution in [2.75, 3.05) is 7.11 Å². The first kappa shape index (κ1) is 12.4. The lowest BCUT2D eigenvalue weighted by Crippen LogP contribution is -1.96. The highest BCUT2D eigenvalue weighted by molar-refractivity contribution is 8.14. The molecule has 0 unspecified atom stereocenters. The van der Waals surface area contributed by atoms with Crippen LogP contribution in [0.4, 0.5) is 0 Å². The Morgan fingerprint density at radius 2 is 1.94 bits per heavy atom. The molecule has 0 bridgehead atoms. The van der Waals surface area contributed by atoms with Crippen molar-refractivity contribution < 1.29 is 13.2 Å². The summed E-state index contributed by atoms with van der Waals surface area (Å²) < 4.78 is 27.9. The molecule has 90 valence electrons. The molecular formula is C10H7Cl2NO3S. The lowest BCUT2D eigenvalue weighted by atomic mass is 10.2. The summed E-state index contributed by atoms with van der Waals surface area (Å²) in [5.74, 6) is 0.437. The van der Waals surface area contributed by atoms with Crippen molar-refractivity contribution in [3.63, 3.8) is 0 Å². The van der Waals surface area contributed by atoms with Gasteiger partial charge < -0.3 is 4.74 Å². The van der Waals surface area contributed by atoms with Gasteiger partial charge in [0.2, 0.25) is 0 Å². The van der Waals surface area contributed by atoms with Gasteiger partial charge in [-0.2, -0.15) is 0 Å². The summed E-state index contributed by atoms with van der Waals surface area (Å²) in [6, 6.07) is 5.90. The summed E-state index contributed by atoms with van der Waals surface area (Å²) >= 11 is 5.77. The lowest BCUT2D eigenvalue weighted by Gasteiger charge is -2.07. The fourth-order valence-corrected chi connectivity index (χ4v) is 2.73. The van der Waals surface area contributed by atoms with Crippen LogP contribution in [0.3, 0.4) is 0 Å². The second-order valence-corrected chi connectivity index (χ2v) is 6.16. The van der Waals surface area contributed by atoms with E-state index < -0.39 is 9.05 Å². The number of rotatable bonds is 2. The minimum atomic E-state index is -3.83. The first-order valence-corrected chi connectivity index (χ1v) is 7.20. The molecular weight excluding hydrogens is 285 g/mol. The number of pyridine rings is 1. The zero-order valence-corrected chi connectivity index (χ0v) is 11.0. The fourth-order valence-electron chi connectivity index (χ4n) is 1.52. The van der Waals surface area contributed by atoms with Gasteiger partial charge in [-0.25, -0.2) is 13.4 Å². The van der Waals surface area contributed by atoms with Crippen molar-refractivity contribution in [1.29, 1.82) is 0 Å². The van der Waals surface area contributed by atoms with Crippen LogP contribution in [-0.4, -0.2) is 20.5 Å². The highest BCUT2D eigenvalue weighted by Crippen LogP contribution is 2.32. The number of nitrogens with zero attached hydrogens (tertiary/aromatic N) is 1. The van der Waals surface area contributed by atoms with Gasteiger partial charge in [0.15, 0.2) is 0 Å². The Kier molecular flexibility index (Phi) is 3.16. The predicted octanol–water partition coefficient (Wildman–Crippen LogP) is 2.82. The molecule has 0 saturated heterocycles. The second-order valence-electron chi connectivity index (χ2n) is 3.23. The number of hydrogen-bond acceptors (Lipinski definition) is 4. The molecule has 0 atom stereocenters. The Morgan fingerprint density at radius 3 is 2.53 bits per heavy atom. The molecule has 4 nitrogen and oxygen atoms in total. The molecule has 0 aliphatic rings. The molecule has 1 heterocycles. The number of halogens is 2. The van der Waals surface area contributed by atoms with Crippen LogP contribution in [0.25, 0.3) is 10.9 Å². The molecule has 0 aliphatic heterocycles. The monoisotopic (exact) mass is 291 g/mol. The molecule has 0 aliphatic carbocycles. The maximum Gasteiger partial charge on any atom is 0.261 e. The third kappa shape index (κ3) is 2.31. The topological polar surface area (TPSA) is 56.3 Å². The molecule has 0 N–H and O–H groups in total. The largest absolute Gasteiger partial charge is 0.494 e. The quantitative estimate of drug-likeness (QED) is 0.631. The number of ether oxygens (including phenoxy) is 1. The number of fused-ring (bicyclic) bond motifs is 1. The Balaban J connectivity index is 2.93. The van der Waals surface area contributed by atoms with Crippen molar-refractivity contribution in [3.8, 4) is 5.75 Å². The van der Waals surface area contributed by atoms with Crippen molar-refractivity contribution in [1.82, 2.24) is 4.98 Å². The Bertz CT molecular complexity index is 685. The van der Waals surface area contributed by atoms with E-state index in [0.717, 1.165) is 0 Å². The third-order valence-electron chi connectivity index (χ3n) is 2.23. The summed E-state index contributed by atoms with van der Waals surface area (Å²) in [7, 11) is 2.97. The summed E-state index contributed by atoms with van der Waals surface area (Å²) in [6.45, 7) is 0. The molecule has 2 aromatic rings. The highest BCUT2D eigenvalue weighted by Gasteiger charge is 2.17. The van der Waals surface area contributed by atoms with Crippen LogP contribution < -0.4 is 4.74 Å². The van der Waals surface area contributed by atoms with E-state index in [4.69, 9.17) is 27.0 Å². The van der Waals surface area contributed by atoms with Crippen LogP contribution in [0.2, 0.25) is 5.15 Å². The van der Waals surface area contributed by atoms with Crippen molar-refractivity contribution in [2.45, 2.75) is 4.90 Å². The van der Waals surface area contributed by atoms with E-state index in [0.29, 0.717) is 16.7 Å². The molecule has 0 amide bonds. The van der Waals surface area contributed by atoms with Crippen LogP contribution in [0.5, 0.6) is 5.75 Å². The number of hydrogen-bond donors (Lipinski definition) is 0. The second kappa shape index (κ2) is 4.33. The van der Waals surface area contributed by atoms with Gasteiger partial charge in [-0.3, -0.25) is 0 Å². The third-order valence-corrected chi connectivity index (χ3v) is 3.82. The Hall–Kier alpha value is -1.04. The summed E-state index contributed by atoms with van der Waals surface area (Å²) in [4.78, 5) is 4.02. The summed E-state index contributed by atoms with van der Waals surface area (Å²) in [5, 5.41) is 0.628. The van der Waals surface area contributed by atoms with E-state index in [2.05, 4.69) is 4.98 Å². The maximum absolute atomic E-state index is 11.4. The van der Waals surface area contributed by atoms with Gasteiger partial charge in [0.1, 0.15) is 16.4 Å². The maximum atomic E-state index is 11.4. The van der Waals surface area contributed by atoms with Crippen LogP contribution in [0, 0.1) is 0 Å². The minimum absolute atomic E-state index is 0.0147. The van der Waals surface area contributed by atoms with Crippen molar-refractivity contribution in [3.05, 3.63) is 29.4 Å². The van der Waals surface area contributed by atoms with E-state index >= 15 is 0 Å². The first-order valence-electron chi connectivity index (χ1n) is 4.51. The normalized spacial score (nSPS) is 11.7. The zero-order chi connectivity index (χ0) is 12.6. The standard InChI is InChI=1S/C10H7Cl2NO3S/c1-16-7-3-4-8(17(12,14)15)6-2-5-9(11)13-10(6)7/h2-5H,1H3. The van der Waals surface area contributed by atoms with Crippen molar-refractivity contribution in [2.24, 2.45) is 0 Å². The van der Waals surface area contributed by atoms with E-state index in [9.17, 15) is 8.42 Å². The zero-order valence-electron chi connectivity index (χ0n) is 8.65. The van der Waals surface area contributed by atoms with Gasteiger partial charge in [-0.15, -0.1) is 0 Å².